The number of aryl methyl sites for hydroxylation is 1. The molecule has 0 aliphatic heterocycles. The van der Waals surface area contributed by atoms with Crippen LogP contribution in [0, 0.1) is 6.92 Å². The van der Waals surface area contributed by atoms with E-state index in [0.29, 0.717) is 21.9 Å². The third kappa shape index (κ3) is 2.48. The second-order valence-electron chi connectivity index (χ2n) is 6.33. The lowest BCUT2D eigenvalue weighted by Gasteiger charge is -2.07. The Kier molecular flexibility index (Phi) is 3.70. The zero-order valence-electron chi connectivity index (χ0n) is 14.7. The van der Waals surface area contributed by atoms with Gasteiger partial charge in [-0.05, 0) is 42.8 Å². The smallest absolute Gasteiger partial charge is 0.282 e. The molecule has 28 heavy (non-hydrogen) atoms. The first-order valence-corrected chi connectivity index (χ1v) is 8.95. The number of benzene rings is 1. The number of fused-ring (bicyclic) bond motifs is 3. The lowest BCUT2D eigenvalue weighted by atomic mass is 10.1. The van der Waals surface area contributed by atoms with Crippen molar-refractivity contribution < 1.29 is 0 Å². The van der Waals surface area contributed by atoms with Crippen molar-refractivity contribution in [1.82, 2.24) is 29.4 Å². The molecule has 4 heterocycles. The summed E-state index contributed by atoms with van der Waals surface area (Å²) in [4.78, 5) is 16.9. The lowest BCUT2D eigenvalue weighted by Crippen LogP contribution is -2.20. The van der Waals surface area contributed by atoms with Crippen LogP contribution in [0.2, 0.25) is 5.02 Å². The molecule has 0 amide bonds. The highest BCUT2D eigenvalue weighted by atomic mass is 35.5. The van der Waals surface area contributed by atoms with E-state index in [0.717, 1.165) is 16.8 Å². The summed E-state index contributed by atoms with van der Waals surface area (Å²) in [5.41, 5.74) is 4.48. The molecule has 0 N–H and O–H groups in total. The number of hydrogen-bond acceptors (Lipinski definition) is 5. The van der Waals surface area contributed by atoms with Gasteiger partial charge in [0.2, 0.25) is 0 Å². The van der Waals surface area contributed by atoms with Gasteiger partial charge in [0, 0.05) is 23.6 Å². The fourth-order valence-electron chi connectivity index (χ4n) is 3.32. The van der Waals surface area contributed by atoms with Gasteiger partial charge in [-0.3, -0.25) is 14.3 Å². The summed E-state index contributed by atoms with van der Waals surface area (Å²) >= 11 is 6.00. The van der Waals surface area contributed by atoms with Crippen molar-refractivity contribution in [3.8, 4) is 16.8 Å². The molecule has 1 aromatic carbocycles. The normalized spacial score (nSPS) is 11.4. The Morgan fingerprint density at radius 3 is 2.46 bits per heavy atom. The summed E-state index contributed by atoms with van der Waals surface area (Å²) < 4.78 is 3.18. The quantitative estimate of drug-likeness (QED) is 0.463. The predicted molar refractivity (Wildman–Crippen MR) is 107 cm³/mol. The van der Waals surface area contributed by atoms with E-state index in [9.17, 15) is 4.79 Å². The summed E-state index contributed by atoms with van der Waals surface area (Å²) in [5.74, 6) is 0. The summed E-state index contributed by atoms with van der Waals surface area (Å²) in [6.45, 7) is 1.91. The van der Waals surface area contributed by atoms with Crippen LogP contribution in [0.25, 0.3) is 33.5 Å². The molecule has 5 aromatic rings. The zero-order chi connectivity index (χ0) is 19.3. The highest BCUT2D eigenvalue weighted by molar-refractivity contribution is 6.30. The third-order valence-corrected chi connectivity index (χ3v) is 4.88. The number of nitrogens with zero attached hydrogens (tertiary/aromatic N) is 6. The summed E-state index contributed by atoms with van der Waals surface area (Å²) in [6.07, 6.45) is 4.98. The summed E-state index contributed by atoms with van der Waals surface area (Å²) in [7, 11) is 0. The molecule has 0 radical (unpaired) electrons. The molecule has 0 aliphatic rings. The van der Waals surface area contributed by atoms with Crippen molar-refractivity contribution in [2.24, 2.45) is 0 Å². The molecule has 7 nitrogen and oxygen atoms in total. The van der Waals surface area contributed by atoms with E-state index in [4.69, 9.17) is 11.6 Å². The van der Waals surface area contributed by atoms with Gasteiger partial charge in [0.25, 0.3) is 5.56 Å². The molecule has 0 unspecified atom stereocenters. The number of rotatable bonds is 2. The van der Waals surface area contributed by atoms with Crippen LogP contribution in [0.5, 0.6) is 0 Å². The van der Waals surface area contributed by atoms with Crippen LogP contribution in [0.3, 0.4) is 0 Å². The Morgan fingerprint density at radius 1 is 0.964 bits per heavy atom. The van der Waals surface area contributed by atoms with E-state index in [2.05, 4.69) is 20.3 Å². The molecule has 0 aliphatic carbocycles. The first-order valence-electron chi connectivity index (χ1n) is 8.57. The summed E-state index contributed by atoms with van der Waals surface area (Å²) in [6, 6.07) is 12.8. The number of hydrogen-bond donors (Lipinski definition) is 0. The highest BCUT2D eigenvalue weighted by Crippen LogP contribution is 2.29. The fraction of sp³-hybridized carbons (Fsp3) is 0.0500. The maximum absolute atomic E-state index is 13.0. The van der Waals surface area contributed by atoms with E-state index in [-0.39, 0.29) is 11.1 Å². The maximum atomic E-state index is 13.0. The van der Waals surface area contributed by atoms with Crippen molar-refractivity contribution in [3.63, 3.8) is 0 Å². The fourth-order valence-corrected chi connectivity index (χ4v) is 3.44. The first kappa shape index (κ1) is 16.6. The van der Waals surface area contributed by atoms with Crippen molar-refractivity contribution in [2.45, 2.75) is 6.92 Å². The molecular formula is C20H13ClN6O. The van der Waals surface area contributed by atoms with Crippen molar-refractivity contribution in [3.05, 3.63) is 82.1 Å². The van der Waals surface area contributed by atoms with Crippen LogP contribution in [0.4, 0.5) is 0 Å². The molecular weight excluding hydrogens is 376 g/mol. The van der Waals surface area contributed by atoms with Crippen LogP contribution in [0.1, 0.15) is 5.69 Å². The highest BCUT2D eigenvalue weighted by Gasteiger charge is 2.17. The SMILES string of the molecule is Cc1nn2c(nnc3c(=O)n(-c4ccncc4)ccc32)c1-c1ccc(Cl)cc1. The Labute approximate surface area is 163 Å². The van der Waals surface area contributed by atoms with Crippen LogP contribution in [-0.2, 0) is 0 Å². The predicted octanol–water partition coefficient (Wildman–Crippen LogP) is 3.45. The van der Waals surface area contributed by atoms with Gasteiger partial charge >= 0.3 is 0 Å². The topological polar surface area (TPSA) is 78.0 Å². The molecule has 4 aromatic heterocycles. The zero-order valence-corrected chi connectivity index (χ0v) is 15.5. The van der Waals surface area contributed by atoms with Crippen LogP contribution < -0.4 is 5.56 Å². The largest absolute Gasteiger partial charge is 0.285 e. The minimum Gasteiger partial charge on any atom is -0.282 e. The monoisotopic (exact) mass is 388 g/mol. The Balaban J connectivity index is 1.78. The molecule has 0 atom stereocenters. The minimum absolute atomic E-state index is 0.247. The van der Waals surface area contributed by atoms with Gasteiger partial charge in [-0.15, -0.1) is 10.2 Å². The van der Waals surface area contributed by atoms with Crippen molar-refractivity contribution in [1.29, 1.82) is 0 Å². The van der Waals surface area contributed by atoms with Gasteiger partial charge in [0.15, 0.2) is 11.2 Å². The molecule has 8 heteroatoms. The Morgan fingerprint density at radius 2 is 1.71 bits per heavy atom. The van der Waals surface area contributed by atoms with E-state index in [1.807, 2.05) is 37.3 Å². The standard InChI is InChI=1S/C20H13ClN6O/c1-12-17(13-2-4-14(21)5-3-13)19-24-23-18-16(27(19)25-12)8-11-26(20(18)28)15-6-9-22-10-7-15/h2-11H,1H3. The van der Waals surface area contributed by atoms with Gasteiger partial charge in [-0.1, -0.05) is 23.7 Å². The third-order valence-electron chi connectivity index (χ3n) is 4.63. The summed E-state index contributed by atoms with van der Waals surface area (Å²) in [5, 5.41) is 13.8. The first-order chi connectivity index (χ1) is 13.6. The van der Waals surface area contributed by atoms with Crippen LogP contribution >= 0.6 is 11.6 Å². The van der Waals surface area contributed by atoms with Gasteiger partial charge in [0.1, 0.15) is 5.52 Å². The van der Waals surface area contributed by atoms with Gasteiger partial charge in [0.05, 0.1) is 16.9 Å². The molecule has 0 fully saturated rings. The molecule has 0 saturated carbocycles. The van der Waals surface area contributed by atoms with Gasteiger partial charge in [-0.2, -0.15) is 5.10 Å². The average Bonchev–Trinajstić information content (AvgIpc) is 3.06. The van der Waals surface area contributed by atoms with Crippen LogP contribution in [0.15, 0.2) is 65.8 Å². The molecule has 136 valence electrons. The van der Waals surface area contributed by atoms with Gasteiger partial charge < -0.3 is 0 Å². The number of pyridine rings is 2. The second-order valence-corrected chi connectivity index (χ2v) is 6.77. The second kappa shape index (κ2) is 6.24. The van der Waals surface area contributed by atoms with E-state index in [1.165, 1.54) is 4.57 Å². The van der Waals surface area contributed by atoms with Gasteiger partial charge in [-0.25, -0.2) is 4.52 Å². The number of halogens is 1. The van der Waals surface area contributed by atoms with E-state index in [1.54, 1.807) is 35.2 Å². The van der Waals surface area contributed by atoms with E-state index >= 15 is 0 Å². The average molecular weight is 389 g/mol. The number of aromatic nitrogens is 6. The molecule has 0 bridgehead atoms. The van der Waals surface area contributed by atoms with Crippen molar-refractivity contribution in [2.75, 3.05) is 0 Å². The van der Waals surface area contributed by atoms with E-state index < -0.39 is 0 Å². The minimum atomic E-state index is -0.265. The lowest BCUT2D eigenvalue weighted by molar-refractivity contribution is 0.905. The molecule has 0 saturated heterocycles. The van der Waals surface area contributed by atoms with Crippen molar-refractivity contribution >= 4 is 28.3 Å². The maximum Gasteiger partial charge on any atom is 0.285 e. The van der Waals surface area contributed by atoms with Crippen LogP contribution in [-0.4, -0.2) is 29.4 Å². The Bertz CT molecular complexity index is 1390. The molecule has 0 spiro atoms. The molecule has 5 rings (SSSR count). The Hall–Kier alpha value is -3.58.